The molecule has 1 amide bonds. The maximum absolute atomic E-state index is 12.4. The molecule has 0 aliphatic carbocycles. The van der Waals surface area contributed by atoms with E-state index in [1.54, 1.807) is 0 Å². The average molecular weight is 372 g/mol. The number of aryl methyl sites for hydroxylation is 1. The number of carbonyl (C=O) groups is 1. The molecule has 1 fully saturated rings. The van der Waals surface area contributed by atoms with Crippen molar-refractivity contribution < 1.29 is 4.79 Å². The Morgan fingerprint density at radius 1 is 0.893 bits per heavy atom. The number of nitrogens with zero attached hydrogens (tertiary/aromatic N) is 3. The lowest BCUT2D eigenvalue weighted by atomic mass is 10.1. The van der Waals surface area contributed by atoms with Gasteiger partial charge in [0.15, 0.2) is 0 Å². The van der Waals surface area contributed by atoms with Crippen molar-refractivity contribution in [3.63, 3.8) is 0 Å². The van der Waals surface area contributed by atoms with E-state index in [1.165, 1.54) is 5.69 Å². The summed E-state index contributed by atoms with van der Waals surface area (Å²) in [6.07, 6.45) is 1.84. The number of amides is 1. The second-order valence-corrected chi connectivity index (χ2v) is 7.03. The van der Waals surface area contributed by atoms with Gasteiger partial charge in [0.2, 0.25) is 0 Å². The number of piperazine rings is 1. The summed E-state index contributed by atoms with van der Waals surface area (Å²) in [6.45, 7) is 5.78. The van der Waals surface area contributed by atoms with E-state index < -0.39 is 0 Å². The third-order valence-corrected chi connectivity index (χ3v) is 5.02. The molecular formula is C23H24N4O. The average Bonchev–Trinajstić information content (AvgIpc) is 2.75. The normalized spacial score (nSPS) is 14.0. The lowest BCUT2D eigenvalue weighted by Crippen LogP contribution is -2.46. The number of benzene rings is 2. The van der Waals surface area contributed by atoms with E-state index in [0.717, 1.165) is 43.2 Å². The van der Waals surface area contributed by atoms with E-state index in [4.69, 9.17) is 0 Å². The molecule has 1 aromatic heterocycles. The Labute approximate surface area is 165 Å². The third kappa shape index (κ3) is 4.14. The molecule has 2 heterocycles. The first-order valence-corrected chi connectivity index (χ1v) is 9.58. The highest BCUT2D eigenvalue weighted by molar-refractivity contribution is 6.04. The van der Waals surface area contributed by atoms with Crippen molar-refractivity contribution in [2.24, 2.45) is 0 Å². The van der Waals surface area contributed by atoms with Crippen LogP contribution in [-0.2, 0) is 0 Å². The minimum Gasteiger partial charge on any atom is -0.368 e. The molecule has 3 aromatic rings. The predicted octanol–water partition coefficient (Wildman–Crippen LogP) is 3.97. The van der Waals surface area contributed by atoms with Gasteiger partial charge in [-0.15, -0.1) is 0 Å². The number of nitrogens with one attached hydrogen (secondary N) is 1. The summed E-state index contributed by atoms with van der Waals surface area (Å²) in [6, 6.07) is 21.7. The van der Waals surface area contributed by atoms with E-state index in [9.17, 15) is 4.79 Å². The fourth-order valence-corrected chi connectivity index (χ4v) is 3.48. The lowest BCUT2D eigenvalue weighted by molar-refractivity contribution is 0.102. The number of carbonyl (C=O) groups excluding carboxylic acids is 1. The van der Waals surface area contributed by atoms with Crippen molar-refractivity contribution in [1.29, 1.82) is 0 Å². The molecule has 0 bridgehead atoms. The fraction of sp³-hybridized carbons (Fsp3) is 0.217. The third-order valence-electron chi connectivity index (χ3n) is 5.02. The zero-order valence-electron chi connectivity index (χ0n) is 16.0. The van der Waals surface area contributed by atoms with Crippen LogP contribution in [0.2, 0.25) is 0 Å². The summed E-state index contributed by atoms with van der Waals surface area (Å²) >= 11 is 0. The van der Waals surface area contributed by atoms with Crippen LogP contribution in [-0.4, -0.2) is 37.1 Å². The van der Waals surface area contributed by atoms with Crippen molar-refractivity contribution >= 4 is 23.1 Å². The van der Waals surface area contributed by atoms with Gasteiger partial charge >= 0.3 is 0 Å². The van der Waals surface area contributed by atoms with Gasteiger partial charge in [0, 0.05) is 49.3 Å². The van der Waals surface area contributed by atoms with Crippen molar-refractivity contribution in [1.82, 2.24) is 4.98 Å². The van der Waals surface area contributed by atoms with Crippen LogP contribution in [0.1, 0.15) is 15.9 Å². The van der Waals surface area contributed by atoms with E-state index in [1.807, 2.05) is 61.7 Å². The Kier molecular flexibility index (Phi) is 5.24. The number of anilines is 3. The summed E-state index contributed by atoms with van der Waals surface area (Å²) < 4.78 is 0. The molecule has 142 valence electrons. The van der Waals surface area contributed by atoms with Gasteiger partial charge in [-0.05, 0) is 55.5 Å². The first kappa shape index (κ1) is 18.0. The molecule has 0 atom stereocenters. The monoisotopic (exact) mass is 372 g/mol. The Balaban J connectivity index is 1.35. The van der Waals surface area contributed by atoms with Crippen molar-refractivity contribution in [2.45, 2.75) is 6.92 Å². The number of aromatic nitrogens is 1. The molecule has 4 rings (SSSR count). The molecule has 5 heteroatoms. The highest BCUT2D eigenvalue weighted by Crippen LogP contribution is 2.21. The summed E-state index contributed by atoms with van der Waals surface area (Å²) in [5, 5.41) is 2.97. The van der Waals surface area contributed by atoms with E-state index in [-0.39, 0.29) is 5.91 Å². The number of rotatable bonds is 4. The van der Waals surface area contributed by atoms with Gasteiger partial charge in [-0.3, -0.25) is 4.79 Å². The summed E-state index contributed by atoms with van der Waals surface area (Å²) in [5.41, 5.74) is 3.74. The maximum Gasteiger partial charge on any atom is 0.255 e. The molecule has 28 heavy (non-hydrogen) atoms. The van der Waals surface area contributed by atoms with Crippen LogP contribution >= 0.6 is 0 Å². The second-order valence-electron chi connectivity index (χ2n) is 7.03. The van der Waals surface area contributed by atoms with E-state index in [2.05, 4.69) is 38.3 Å². The molecule has 0 spiro atoms. The molecule has 0 radical (unpaired) electrons. The molecule has 5 nitrogen and oxygen atoms in total. The van der Waals surface area contributed by atoms with Gasteiger partial charge in [-0.25, -0.2) is 4.98 Å². The zero-order valence-corrected chi connectivity index (χ0v) is 16.0. The topological polar surface area (TPSA) is 48.5 Å². The van der Waals surface area contributed by atoms with E-state index in [0.29, 0.717) is 5.56 Å². The maximum atomic E-state index is 12.4. The Morgan fingerprint density at radius 2 is 1.64 bits per heavy atom. The quantitative estimate of drug-likeness (QED) is 0.753. The van der Waals surface area contributed by atoms with Crippen molar-refractivity contribution in [2.75, 3.05) is 41.3 Å². The van der Waals surface area contributed by atoms with Crippen LogP contribution in [0.5, 0.6) is 0 Å². The van der Waals surface area contributed by atoms with Crippen molar-refractivity contribution in [3.05, 3.63) is 84.1 Å². The zero-order chi connectivity index (χ0) is 19.3. The van der Waals surface area contributed by atoms with Gasteiger partial charge in [-0.2, -0.15) is 0 Å². The van der Waals surface area contributed by atoms with Gasteiger partial charge in [-0.1, -0.05) is 23.8 Å². The Bertz CT molecular complexity index is 932. The van der Waals surface area contributed by atoms with Crippen LogP contribution in [0, 0.1) is 6.92 Å². The lowest BCUT2D eigenvalue weighted by Gasteiger charge is -2.36. The first-order valence-electron chi connectivity index (χ1n) is 9.58. The molecule has 1 aliphatic rings. The van der Waals surface area contributed by atoms with Crippen LogP contribution in [0.3, 0.4) is 0 Å². The molecule has 1 N–H and O–H groups in total. The van der Waals surface area contributed by atoms with Crippen LogP contribution in [0.25, 0.3) is 0 Å². The van der Waals surface area contributed by atoms with Gasteiger partial charge < -0.3 is 15.1 Å². The largest absolute Gasteiger partial charge is 0.368 e. The SMILES string of the molecule is Cc1cccc(C(=O)Nc2ccc(N3CCN(c4ccccn4)CC3)cc2)c1. The summed E-state index contributed by atoms with van der Waals surface area (Å²) in [5.74, 6) is 0.955. The molecule has 1 aliphatic heterocycles. The highest BCUT2D eigenvalue weighted by atomic mass is 16.1. The highest BCUT2D eigenvalue weighted by Gasteiger charge is 2.18. The van der Waals surface area contributed by atoms with Crippen LogP contribution in [0.15, 0.2) is 72.9 Å². The smallest absolute Gasteiger partial charge is 0.255 e. The summed E-state index contributed by atoms with van der Waals surface area (Å²) in [7, 11) is 0. The van der Waals surface area contributed by atoms with Gasteiger partial charge in [0.25, 0.3) is 5.91 Å². The summed E-state index contributed by atoms with van der Waals surface area (Å²) in [4.78, 5) is 21.5. The predicted molar refractivity (Wildman–Crippen MR) is 114 cm³/mol. The minimum atomic E-state index is -0.0829. The number of hydrogen-bond acceptors (Lipinski definition) is 4. The van der Waals surface area contributed by atoms with Gasteiger partial charge in [0.1, 0.15) is 5.82 Å². The molecule has 0 unspecified atom stereocenters. The minimum absolute atomic E-state index is 0.0829. The van der Waals surface area contributed by atoms with Crippen LogP contribution < -0.4 is 15.1 Å². The number of pyridine rings is 1. The van der Waals surface area contributed by atoms with Crippen molar-refractivity contribution in [3.8, 4) is 0 Å². The first-order chi connectivity index (χ1) is 13.7. The molecule has 1 saturated heterocycles. The standard InChI is InChI=1S/C23H24N4O/c1-18-5-4-6-19(17-18)23(28)25-20-8-10-21(11-9-20)26-13-15-27(16-14-26)22-7-2-3-12-24-22/h2-12,17H,13-16H2,1H3,(H,25,28). The van der Waals surface area contributed by atoms with Gasteiger partial charge in [0.05, 0.1) is 0 Å². The Morgan fingerprint density at radius 3 is 2.32 bits per heavy atom. The number of hydrogen-bond donors (Lipinski definition) is 1. The van der Waals surface area contributed by atoms with E-state index >= 15 is 0 Å². The Hall–Kier alpha value is -3.34. The second kappa shape index (κ2) is 8.13. The van der Waals surface area contributed by atoms with Crippen LogP contribution in [0.4, 0.5) is 17.2 Å². The fourth-order valence-electron chi connectivity index (χ4n) is 3.48. The molecule has 2 aromatic carbocycles. The molecule has 0 saturated carbocycles. The molecular weight excluding hydrogens is 348 g/mol.